The second-order valence-electron chi connectivity index (χ2n) is 8.07. The van der Waals surface area contributed by atoms with Gasteiger partial charge in [0.15, 0.2) is 12.3 Å². The van der Waals surface area contributed by atoms with E-state index in [2.05, 4.69) is 30.3 Å². The van der Waals surface area contributed by atoms with Crippen molar-refractivity contribution in [2.24, 2.45) is 0 Å². The van der Waals surface area contributed by atoms with Gasteiger partial charge in [-0.25, -0.2) is 9.50 Å². The monoisotopic (exact) mass is 560 g/mol. The van der Waals surface area contributed by atoms with Gasteiger partial charge in [0.05, 0.1) is 17.4 Å². The molecule has 3 aromatic heterocycles. The molecule has 0 aliphatic heterocycles. The fraction of sp³-hybridized carbons (Fsp3) is 0.120. The molecule has 0 spiro atoms. The minimum absolute atomic E-state index is 0.0248. The Hall–Kier alpha value is -5.21. The first kappa shape index (κ1) is 26.4. The van der Waals surface area contributed by atoms with Crippen molar-refractivity contribution in [3.05, 3.63) is 78.9 Å². The number of alkyl halides is 5. The van der Waals surface area contributed by atoms with Gasteiger partial charge in [0.2, 0.25) is 0 Å². The standard InChI is InChI=1S/C25H17F5N6O4/c26-24(27)40-20-6-5-16(39-15-4-1-3-14(9-15)38-13-25(28,29)30)10-17(20)21-19(12-32-35-21)34-23(37)18-11-33-36-8-2-7-31-22(18)36/h1-12,24H,13H2,(H,32,35)(H,34,37). The van der Waals surface area contributed by atoms with Crippen molar-refractivity contribution >= 4 is 17.2 Å². The number of carbonyl (C=O) groups excluding carboxylic acids is 1. The number of hydrogen-bond donors (Lipinski definition) is 2. The Labute approximate surface area is 221 Å². The maximum absolute atomic E-state index is 13.2. The molecular formula is C25H17F5N6O4. The Morgan fingerprint density at radius 2 is 1.88 bits per heavy atom. The summed E-state index contributed by atoms with van der Waals surface area (Å²) in [5.41, 5.74) is 0.641. The number of anilines is 1. The molecule has 0 fully saturated rings. The molecule has 0 saturated heterocycles. The summed E-state index contributed by atoms with van der Waals surface area (Å²) in [7, 11) is 0. The first-order chi connectivity index (χ1) is 19.2. The lowest BCUT2D eigenvalue weighted by atomic mass is 10.1. The number of benzene rings is 2. The lowest BCUT2D eigenvalue weighted by molar-refractivity contribution is -0.153. The molecule has 0 radical (unpaired) electrons. The molecule has 5 aromatic rings. The highest BCUT2D eigenvalue weighted by atomic mass is 19.4. The normalized spacial score (nSPS) is 11.6. The number of rotatable bonds is 9. The summed E-state index contributed by atoms with van der Waals surface area (Å²) in [6.07, 6.45) is 1.25. The van der Waals surface area contributed by atoms with E-state index in [0.29, 0.717) is 5.65 Å². The highest BCUT2D eigenvalue weighted by Crippen LogP contribution is 2.38. The van der Waals surface area contributed by atoms with Crippen molar-refractivity contribution in [2.45, 2.75) is 12.8 Å². The Morgan fingerprint density at radius 3 is 2.67 bits per heavy atom. The minimum atomic E-state index is -4.52. The fourth-order valence-electron chi connectivity index (χ4n) is 3.65. The summed E-state index contributed by atoms with van der Waals surface area (Å²) >= 11 is 0. The maximum Gasteiger partial charge on any atom is 0.422 e. The van der Waals surface area contributed by atoms with Crippen LogP contribution in [0.15, 0.2) is 73.3 Å². The molecule has 0 atom stereocenters. The van der Waals surface area contributed by atoms with E-state index in [4.69, 9.17) is 9.47 Å². The first-order valence-electron chi connectivity index (χ1n) is 11.4. The molecule has 2 aromatic carbocycles. The van der Waals surface area contributed by atoms with Crippen molar-refractivity contribution in [3.63, 3.8) is 0 Å². The third kappa shape index (κ3) is 6.09. The minimum Gasteiger partial charge on any atom is -0.484 e. The zero-order valence-electron chi connectivity index (χ0n) is 20.0. The molecule has 3 heterocycles. The molecular weight excluding hydrogens is 543 g/mol. The summed E-state index contributed by atoms with van der Waals surface area (Å²) in [6.45, 7) is -4.66. The van der Waals surface area contributed by atoms with E-state index >= 15 is 0 Å². The van der Waals surface area contributed by atoms with Crippen molar-refractivity contribution < 1.29 is 41.0 Å². The smallest absolute Gasteiger partial charge is 0.422 e. The van der Waals surface area contributed by atoms with Gasteiger partial charge in [-0.3, -0.25) is 9.89 Å². The summed E-state index contributed by atoms with van der Waals surface area (Å²) in [4.78, 5) is 17.1. The van der Waals surface area contributed by atoms with Crippen LogP contribution in [0, 0.1) is 0 Å². The highest BCUT2D eigenvalue weighted by Gasteiger charge is 2.28. The van der Waals surface area contributed by atoms with Crippen LogP contribution in [-0.4, -0.2) is 50.1 Å². The van der Waals surface area contributed by atoms with E-state index in [1.807, 2.05) is 0 Å². The van der Waals surface area contributed by atoms with Gasteiger partial charge in [0, 0.05) is 24.7 Å². The molecule has 10 nitrogen and oxygen atoms in total. The summed E-state index contributed by atoms with van der Waals surface area (Å²) in [5.74, 6) is -0.728. The lowest BCUT2D eigenvalue weighted by Crippen LogP contribution is -2.19. The molecule has 0 aliphatic carbocycles. The van der Waals surface area contributed by atoms with Crippen LogP contribution in [0.5, 0.6) is 23.0 Å². The number of aromatic nitrogens is 5. The van der Waals surface area contributed by atoms with Crippen molar-refractivity contribution in [3.8, 4) is 34.3 Å². The van der Waals surface area contributed by atoms with Gasteiger partial charge in [-0.2, -0.15) is 32.1 Å². The van der Waals surface area contributed by atoms with E-state index < -0.39 is 25.3 Å². The molecule has 5 rings (SSSR count). The van der Waals surface area contributed by atoms with E-state index in [1.165, 1.54) is 65.6 Å². The Kier molecular flexibility index (Phi) is 7.18. The van der Waals surface area contributed by atoms with Crippen LogP contribution in [-0.2, 0) is 0 Å². The van der Waals surface area contributed by atoms with Gasteiger partial charge in [-0.05, 0) is 36.4 Å². The number of ether oxygens (including phenoxy) is 3. The first-order valence-corrected chi connectivity index (χ1v) is 11.4. The largest absolute Gasteiger partial charge is 0.484 e. The van der Waals surface area contributed by atoms with Gasteiger partial charge >= 0.3 is 12.8 Å². The van der Waals surface area contributed by atoms with Crippen LogP contribution in [0.3, 0.4) is 0 Å². The number of amides is 1. The number of carbonyl (C=O) groups is 1. The van der Waals surface area contributed by atoms with Crippen LogP contribution in [0.4, 0.5) is 27.6 Å². The van der Waals surface area contributed by atoms with E-state index in [0.717, 1.165) is 0 Å². The van der Waals surface area contributed by atoms with Crippen LogP contribution in [0.25, 0.3) is 16.9 Å². The molecule has 15 heteroatoms. The van der Waals surface area contributed by atoms with Crippen LogP contribution in [0.2, 0.25) is 0 Å². The summed E-state index contributed by atoms with van der Waals surface area (Å²) < 4.78 is 80.3. The van der Waals surface area contributed by atoms with Crippen molar-refractivity contribution in [1.29, 1.82) is 0 Å². The van der Waals surface area contributed by atoms with Gasteiger partial charge in [0.1, 0.15) is 34.3 Å². The average molecular weight is 560 g/mol. The molecule has 0 saturated carbocycles. The molecule has 0 unspecified atom stereocenters. The topological polar surface area (TPSA) is 116 Å². The molecule has 0 aliphatic rings. The second kappa shape index (κ2) is 10.9. The predicted molar refractivity (Wildman–Crippen MR) is 130 cm³/mol. The number of aromatic amines is 1. The number of halogens is 5. The van der Waals surface area contributed by atoms with Gasteiger partial charge < -0.3 is 19.5 Å². The highest BCUT2D eigenvalue weighted by molar-refractivity contribution is 6.09. The Bertz CT molecular complexity index is 1650. The number of H-pyrrole nitrogens is 1. The number of nitrogens with one attached hydrogen (secondary N) is 2. The van der Waals surface area contributed by atoms with E-state index in [9.17, 15) is 26.7 Å². The van der Waals surface area contributed by atoms with Gasteiger partial charge in [-0.15, -0.1) is 0 Å². The Morgan fingerprint density at radius 1 is 1.07 bits per heavy atom. The summed E-state index contributed by atoms with van der Waals surface area (Å²) in [6, 6.07) is 10.9. The second-order valence-corrected chi connectivity index (χ2v) is 8.07. The maximum atomic E-state index is 13.2. The molecule has 2 N–H and O–H groups in total. The van der Waals surface area contributed by atoms with E-state index in [1.54, 1.807) is 12.3 Å². The third-order valence-electron chi connectivity index (χ3n) is 5.28. The lowest BCUT2D eigenvalue weighted by Gasteiger charge is -2.14. The molecule has 1 amide bonds. The van der Waals surface area contributed by atoms with Crippen molar-refractivity contribution in [1.82, 2.24) is 24.8 Å². The number of nitrogens with zero attached hydrogens (tertiary/aromatic N) is 4. The molecule has 0 bridgehead atoms. The third-order valence-corrected chi connectivity index (χ3v) is 5.28. The van der Waals surface area contributed by atoms with Crippen LogP contribution >= 0.6 is 0 Å². The Balaban J connectivity index is 1.43. The van der Waals surface area contributed by atoms with E-state index in [-0.39, 0.29) is 45.5 Å². The zero-order chi connectivity index (χ0) is 28.3. The van der Waals surface area contributed by atoms with Crippen LogP contribution in [0.1, 0.15) is 10.4 Å². The quantitative estimate of drug-likeness (QED) is 0.222. The predicted octanol–water partition coefficient (Wildman–Crippen LogP) is 5.71. The van der Waals surface area contributed by atoms with Gasteiger partial charge in [-0.1, -0.05) is 6.07 Å². The summed E-state index contributed by atoms with van der Waals surface area (Å²) in [5, 5.41) is 13.4. The fourth-order valence-corrected chi connectivity index (χ4v) is 3.65. The number of hydrogen-bond acceptors (Lipinski definition) is 7. The van der Waals surface area contributed by atoms with Crippen molar-refractivity contribution in [2.75, 3.05) is 11.9 Å². The van der Waals surface area contributed by atoms with Gasteiger partial charge in [0.25, 0.3) is 5.91 Å². The average Bonchev–Trinajstić information content (AvgIpc) is 3.55. The molecule has 206 valence electrons. The number of fused-ring (bicyclic) bond motifs is 1. The SMILES string of the molecule is O=C(Nc1c[nH]nc1-c1cc(Oc2cccc(OCC(F)(F)F)c2)ccc1OC(F)F)c1cnn2cccnc12. The van der Waals surface area contributed by atoms with Crippen LogP contribution < -0.4 is 19.5 Å². The zero-order valence-corrected chi connectivity index (χ0v) is 20.0. The molecule has 40 heavy (non-hydrogen) atoms.